The van der Waals surface area contributed by atoms with Gasteiger partial charge in [-0.25, -0.2) is 4.98 Å². The molecular formula is C20H21N5O3. The highest BCUT2D eigenvalue weighted by atomic mass is 16.5. The molecular weight excluding hydrogens is 358 g/mol. The minimum absolute atomic E-state index is 0.00451. The molecule has 1 saturated heterocycles. The first-order valence-corrected chi connectivity index (χ1v) is 9.20. The lowest BCUT2D eigenvalue weighted by atomic mass is 10.2. The van der Waals surface area contributed by atoms with Gasteiger partial charge in [0.25, 0.3) is 11.5 Å². The zero-order chi connectivity index (χ0) is 19.7. The second-order valence-electron chi connectivity index (χ2n) is 6.73. The van der Waals surface area contributed by atoms with Crippen LogP contribution in [0.1, 0.15) is 23.2 Å². The number of hydrogen-bond donors (Lipinski definition) is 2. The summed E-state index contributed by atoms with van der Waals surface area (Å²) in [4.78, 5) is 30.2. The molecule has 4 heterocycles. The number of carbonyl (C=O) groups is 1. The molecule has 1 amide bonds. The summed E-state index contributed by atoms with van der Waals surface area (Å²) in [6, 6.07) is 6.72. The maximum atomic E-state index is 13.0. The summed E-state index contributed by atoms with van der Waals surface area (Å²) in [5.74, 6) is -0.405. The molecule has 8 heteroatoms. The summed E-state index contributed by atoms with van der Waals surface area (Å²) >= 11 is 0. The maximum Gasteiger partial charge on any atom is 0.267 e. The molecule has 1 aliphatic heterocycles. The van der Waals surface area contributed by atoms with Crippen LogP contribution in [0.15, 0.2) is 47.9 Å². The number of fused-ring (bicyclic) bond motifs is 2. The van der Waals surface area contributed by atoms with Crippen LogP contribution in [0, 0.1) is 5.41 Å². The van der Waals surface area contributed by atoms with Gasteiger partial charge in [0, 0.05) is 25.9 Å². The number of ether oxygens (including phenoxy) is 1. The summed E-state index contributed by atoms with van der Waals surface area (Å²) < 4.78 is 8.48. The molecule has 0 unspecified atom stereocenters. The van der Waals surface area contributed by atoms with Gasteiger partial charge in [0.15, 0.2) is 0 Å². The SMILES string of the molecule is C=CCn1c(=N)c(C(=O)NC[C@@H]2CCCO2)cc2c(=O)n3ccccc3nc21. The molecule has 0 spiro atoms. The lowest BCUT2D eigenvalue weighted by Crippen LogP contribution is -2.37. The molecule has 0 radical (unpaired) electrons. The van der Waals surface area contributed by atoms with Gasteiger partial charge in [-0.05, 0) is 31.0 Å². The smallest absolute Gasteiger partial charge is 0.267 e. The van der Waals surface area contributed by atoms with Crippen molar-refractivity contribution in [3.8, 4) is 0 Å². The number of nitrogens with one attached hydrogen (secondary N) is 2. The van der Waals surface area contributed by atoms with Crippen molar-refractivity contribution in [2.75, 3.05) is 13.2 Å². The Morgan fingerprint density at radius 2 is 2.32 bits per heavy atom. The van der Waals surface area contributed by atoms with E-state index in [0.717, 1.165) is 12.8 Å². The first-order chi connectivity index (χ1) is 13.6. The number of hydrogen-bond acceptors (Lipinski definition) is 5. The van der Waals surface area contributed by atoms with Crippen LogP contribution in [0.25, 0.3) is 16.7 Å². The molecule has 1 atom stereocenters. The Kier molecular flexibility index (Phi) is 4.79. The average Bonchev–Trinajstić information content (AvgIpc) is 3.22. The van der Waals surface area contributed by atoms with Crippen molar-refractivity contribution in [1.29, 1.82) is 5.41 Å². The minimum Gasteiger partial charge on any atom is -0.376 e. The number of nitrogens with zero attached hydrogens (tertiary/aromatic N) is 3. The average molecular weight is 379 g/mol. The predicted octanol–water partition coefficient (Wildman–Crippen LogP) is 1.22. The van der Waals surface area contributed by atoms with Crippen molar-refractivity contribution >= 4 is 22.6 Å². The number of aromatic nitrogens is 3. The highest BCUT2D eigenvalue weighted by Gasteiger charge is 2.20. The second kappa shape index (κ2) is 7.40. The van der Waals surface area contributed by atoms with Crippen LogP contribution in [0.3, 0.4) is 0 Å². The normalized spacial score (nSPS) is 16.5. The fraction of sp³-hybridized carbons (Fsp3) is 0.300. The van der Waals surface area contributed by atoms with Crippen LogP contribution in [0.5, 0.6) is 0 Å². The molecule has 28 heavy (non-hydrogen) atoms. The van der Waals surface area contributed by atoms with Crippen LogP contribution in [-0.4, -0.2) is 39.1 Å². The van der Waals surface area contributed by atoms with E-state index in [9.17, 15) is 9.59 Å². The fourth-order valence-corrected chi connectivity index (χ4v) is 3.47. The summed E-state index contributed by atoms with van der Waals surface area (Å²) in [6.07, 6.45) is 5.12. The van der Waals surface area contributed by atoms with Gasteiger partial charge in [-0.3, -0.25) is 19.4 Å². The lowest BCUT2D eigenvalue weighted by molar-refractivity contribution is 0.0856. The highest BCUT2D eigenvalue weighted by molar-refractivity contribution is 5.96. The molecule has 8 nitrogen and oxygen atoms in total. The van der Waals surface area contributed by atoms with E-state index in [4.69, 9.17) is 10.1 Å². The van der Waals surface area contributed by atoms with Gasteiger partial charge >= 0.3 is 0 Å². The van der Waals surface area contributed by atoms with Crippen molar-refractivity contribution in [2.24, 2.45) is 0 Å². The van der Waals surface area contributed by atoms with Crippen LogP contribution >= 0.6 is 0 Å². The molecule has 0 aliphatic carbocycles. The van der Waals surface area contributed by atoms with Crippen molar-refractivity contribution in [2.45, 2.75) is 25.5 Å². The van der Waals surface area contributed by atoms with Gasteiger partial charge in [0.05, 0.1) is 17.1 Å². The Bertz CT molecular complexity index is 1190. The van der Waals surface area contributed by atoms with Crippen molar-refractivity contribution in [3.63, 3.8) is 0 Å². The van der Waals surface area contributed by atoms with Crippen molar-refractivity contribution < 1.29 is 9.53 Å². The third kappa shape index (κ3) is 3.11. The Labute approximate surface area is 160 Å². The molecule has 1 fully saturated rings. The number of pyridine rings is 2. The minimum atomic E-state index is -0.405. The molecule has 2 N–H and O–H groups in total. The summed E-state index contributed by atoms with van der Waals surface area (Å²) in [6.45, 7) is 5.07. The number of carbonyl (C=O) groups excluding carboxylic acids is 1. The van der Waals surface area contributed by atoms with E-state index < -0.39 is 5.91 Å². The summed E-state index contributed by atoms with van der Waals surface area (Å²) in [7, 11) is 0. The fourth-order valence-electron chi connectivity index (χ4n) is 3.47. The zero-order valence-corrected chi connectivity index (χ0v) is 15.4. The number of allylic oxidation sites excluding steroid dienone is 1. The molecule has 4 rings (SSSR count). The van der Waals surface area contributed by atoms with Crippen LogP contribution in [0.2, 0.25) is 0 Å². The molecule has 0 aromatic carbocycles. The predicted molar refractivity (Wildman–Crippen MR) is 104 cm³/mol. The van der Waals surface area contributed by atoms with Crippen LogP contribution < -0.4 is 16.4 Å². The Balaban J connectivity index is 1.85. The maximum absolute atomic E-state index is 13.0. The molecule has 1 aliphatic rings. The Morgan fingerprint density at radius 3 is 3.07 bits per heavy atom. The third-order valence-electron chi connectivity index (χ3n) is 4.89. The van der Waals surface area contributed by atoms with Gasteiger partial charge in [-0.2, -0.15) is 0 Å². The topological polar surface area (TPSA) is 101 Å². The van der Waals surface area contributed by atoms with E-state index in [0.29, 0.717) is 24.4 Å². The third-order valence-corrected chi connectivity index (χ3v) is 4.89. The monoisotopic (exact) mass is 379 g/mol. The van der Waals surface area contributed by atoms with E-state index in [1.807, 2.05) is 0 Å². The lowest BCUT2D eigenvalue weighted by Gasteiger charge is -2.14. The van der Waals surface area contributed by atoms with E-state index in [-0.39, 0.29) is 34.6 Å². The Morgan fingerprint density at radius 1 is 1.46 bits per heavy atom. The van der Waals surface area contributed by atoms with E-state index in [1.165, 1.54) is 15.0 Å². The van der Waals surface area contributed by atoms with Gasteiger partial charge in [-0.1, -0.05) is 12.1 Å². The quantitative estimate of drug-likeness (QED) is 0.514. The van der Waals surface area contributed by atoms with Crippen LogP contribution in [-0.2, 0) is 11.3 Å². The number of amides is 1. The molecule has 0 saturated carbocycles. The van der Waals surface area contributed by atoms with E-state index >= 15 is 0 Å². The molecule has 3 aromatic rings. The molecule has 3 aromatic heterocycles. The van der Waals surface area contributed by atoms with Gasteiger partial charge in [0.1, 0.15) is 16.8 Å². The molecule has 0 bridgehead atoms. The van der Waals surface area contributed by atoms with Gasteiger partial charge in [-0.15, -0.1) is 6.58 Å². The first kappa shape index (κ1) is 18.1. The molecule has 144 valence electrons. The number of rotatable bonds is 5. The van der Waals surface area contributed by atoms with Gasteiger partial charge in [0.2, 0.25) is 0 Å². The van der Waals surface area contributed by atoms with E-state index in [1.54, 1.807) is 30.5 Å². The zero-order valence-electron chi connectivity index (χ0n) is 15.4. The van der Waals surface area contributed by atoms with Crippen molar-refractivity contribution in [3.05, 3.63) is 64.5 Å². The first-order valence-electron chi connectivity index (χ1n) is 9.20. The van der Waals surface area contributed by atoms with Crippen LogP contribution in [0.4, 0.5) is 0 Å². The Hall–Kier alpha value is -3.26. The highest BCUT2D eigenvalue weighted by Crippen LogP contribution is 2.12. The second-order valence-corrected chi connectivity index (χ2v) is 6.73. The standard InChI is InChI=1S/C20H21N5O3/c1-2-8-25-17(21)14(19(26)22-12-13-6-5-10-28-13)11-15-18(25)23-16-7-3-4-9-24(16)20(15)27/h2-4,7,9,11,13,21H,1,5-6,8,10,12H2,(H,22,26)/t13-/m0/s1. The van der Waals surface area contributed by atoms with Crippen molar-refractivity contribution in [1.82, 2.24) is 19.3 Å². The largest absolute Gasteiger partial charge is 0.376 e. The summed E-state index contributed by atoms with van der Waals surface area (Å²) in [5, 5.41) is 11.6. The van der Waals surface area contributed by atoms with E-state index in [2.05, 4.69) is 16.9 Å². The summed E-state index contributed by atoms with van der Waals surface area (Å²) in [5.41, 5.74) is 0.669. The van der Waals surface area contributed by atoms with Gasteiger partial charge < -0.3 is 14.6 Å².